The molecule has 3 aromatic rings. The second-order valence-corrected chi connectivity index (χ2v) is 5.91. The molecule has 2 aromatic carbocycles. The lowest BCUT2D eigenvalue weighted by Crippen LogP contribution is -2.39. The molecular weight excluding hydrogens is 302 g/mol. The summed E-state index contributed by atoms with van der Waals surface area (Å²) in [6.45, 7) is 0. The number of rotatable bonds is 2. The number of benzene rings is 2. The van der Waals surface area contributed by atoms with Crippen LogP contribution in [0, 0.1) is 0 Å². The Kier molecular flexibility index (Phi) is 3.54. The molecule has 4 rings (SSSR count). The summed E-state index contributed by atoms with van der Waals surface area (Å²) in [5.74, 6) is 0.539. The van der Waals surface area contributed by atoms with Crippen molar-refractivity contribution in [1.29, 1.82) is 0 Å². The van der Waals surface area contributed by atoms with Crippen LogP contribution in [-0.2, 0) is 6.42 Å². The minimum Gasteiger partial charge on any atom is -0.364 e. The van der Waals surface area contributed by atoms with Crippen molar-refractivity contribution in [2.75, 3.05) is 5.32 Å². The van der Waals surface area contributed by atoms with Crippen LogP contribution in [0.3, 0.4) is 0 Å². The third-order valence-electron chi connectivity index (χ3n) is 4.42. The first-order valence-electron chi connectivity index (χ1n) is 7.99. The van der Waals surface area contributed by atoms with Gasteiger partial charge in [0.15, 0.2) is 0 Å². The maximum Gasteiger partial charge on any atom is 0.334 e. The van der Waals surface area contributed by atoms with Crippen LogP contribution in [-0.4, -0.2) is 9.55 Å². The predicted octanol–water partition coefficient (Wildman–Crippen LogP) is 2.63. The molecule has 0 radical (unpaired) electrons. The highest BCUT2D eigenvalue weighted by Gasteiger charge is 2.24. The normalized spacial score (nSPS) is 16.2. The highest BCUT2D eigenvalue weighted by molar-refractivity contribution is 5.49. The van der Waals surface area contributed by atoms with Crippen molar-refractivity contribution in [2.24, 2.45) is 0 Å². The third-order valence-corrected chi connectivity index (χ3v) is 4.42. The highest BCUT2D eigenvalue weighted by atomic mass is 16.2. The van der Waals surface area contributed by atoms with E-state index in [1.165, 1.54) is 4.57 Å². The molecule has 1 aliphatic heterocycles. The molecular formula is C19H17N3O2. The Balaban J connectivity index is 1.77. The number of fused-ring (bicyclic) bond motifs is 1. The molecule has 0 amide bonds. The Morgan fingerprint density at radius 1 is 0.917 bits per heavy atom. The predicted molar refractivity (Wildman–Crippen MR) is 93.8 cm³/mol. The van der Waals surface area contributed by atoms with E-state index in [2.05, 4.69) is 10.3 Å². The minimum atomic E-state index is -0.425. The SMILES string of the molecule is O=c1[nH]c2c(c(=O)n1-c1ccccc1)CC[C@H](c1ccccc1)N2. The van der Waals surface area contributed by atoms with E-state index in [1.54, 1.807) is 12.1 Å². The van der Waals surface area contributed by atoms with Crippen LogP contribution < -0.4 is 16.6 Å². The van der Waals surface area contributed by atoms with Gasteiger partial charge >= 0.3 is 5.69 Å². The Bertz CT molecular complexity index is 975. The van der Waals surface area contributed by atoms with E-state index in [0.29, 0.717) is 23.5 Å². The molecule has 2 N–H and O–H groups in total. The van der Waals surface area contributed by atoms with E-state index in [1.807, 2.05) is 48.5 Å². The number of H-pyrrole nitrogens is 1. The average molecular weight is 319 g/mol. The lowest BCUT2D eigenvalue weighted by Gasteiger charge is -2.26. The fourth-order valence-corrected chi connectivity index (χ4v) is 3.21. The first kappa shape index (κ1) is 14.5. The maximum absolute atomic E-state index is 12.8. The van der Waals surface area contributed by atoms with E-state index < -0.39 is 5.69 Å². The molecule has 5 heteroatoms. The van der Waals surface area contributed by atoms with Crippen LogP contribution in [0.2, 0.25) is 0 Å². The van der Waals surface area contributed by atoms with Crippen LogP contribution in [0.5, 0.6) is 0 Å². The van der Waals surface area contributed by atoms with Gasteiger partial charge < -0.3 is 5.32 Å². The molecule has 24 heavy (non-hydrogen) atoms. The van der Waals surface area contributed by atoms with E-state index in [9.17, 15) is 9.59 Å². The molecule has 5 nitrogen and oxygen atoms in total. The quantitative estimate of drug-likeness (QED) is 0.763. The molecule has 0 saturated carbocycles. The van der Waals surface area contributed by atoms with Gasteiger partial charge in [0.05, 0.1) is 17.3 Å². The van der Waals surface area contributed by atoms with Crippen LogP contribution in [0.1, 0.15) is 23.6 Å². The van der Waals surface area contributed by atoms with Crippen LogP contribution >= 0.6 is 0 Å². The van der Waals surface area contributed by atoms with Crippen LogP contribution in [0.15, 0.2) is 70.3 Å². The largest absolute Gasteiger partial charge is 0.364 e. The number of aromatic nitrogens is 2. The molecule has 0 bridgehead atoms. The Labute approximate surface area is 138 Å². The molecule has 0 fully saturated rings. The summed E-state index contributed by atoms with van der Waals surface area (Å²) in [4.78, 5) is 28.0. The van der Waals surface area contributed by atoms with Gasteiger partial charge in [-0.25, -0.2) is 9.36 Å². The second-order valence-electron chi connectivity index (χ2n) is 5.91. The van der Waals surface area contributed by atoms with Crippen LogP contribution in [0.25, 0.3) is 5.69 Å². The molecule has 120 valence electrons. The molecule has 1 aromatic heterocycles. The van der Waals surface area contributed by atoms with E-state index >= 15 is 0 Å². The molecule has 1 aliphatic rings. The Morgan fingerprint density at radius 2 is 1.58 bits per heavy atom. The summed E-state index contributed by atoms with van der Waals surface area (Å²) < 4.78 is 1.20. The van der Waals surface area contributed by atoms with Gasteiger partial charge in [-0.3, -0.25) is 9.78 Å². The third kappa shape index (κ3) is 2.44. The molecule has 0 aliphatic carbocycles. The van der Waals surface area contributed by atoms with Crippen molar-refractivity contribution in [3.8, 4) is 5.69 Å². The molecule has 1 atom stereocenters. The van der Waals surface area contributed by atoms with Crippen molar-refractivity contribution >= 4 is 5.82 Å². The van der Waals surface area contributed by atoms with Gasteiger partial charge in [-0.15, -0.1) is 0 Å². The van der Waals surface area contributed by atoms with E-state index in [4.69, 9.17) is 0 Å². The van der Waals surface area contributed by atoms with Gasteiger partial charge in [0, 0.05) is 0 Å². The number of aromatic amines is 1. The Morgan fingerprint density at radius 3 is 2.29 bits per heavy atom. The Hall–Kier alpha value is -3.08. The lowest BCUT2D eigenvalue weighted by molar-refractivity contribution is 0.643. The first-order valence-corrected chi connectivity index (χ1v) is 7.99. The smallest absolute Gasteiger partial charge is 0.334 e. The molecule has 0 saturated heterocycles. The number of anilines is 1. The number of hydrogen-bond acceptors (Lipinski definition) is 3. The van der Waals surface area contributed by atoms with Crippen LogP contribution in [0.4, 0.5) is 5.82 Å². The van der Waals surface area contributed by atoms with E-state index in [0.717, 1.165) is 12.0 Å². The zero-order valence-corrected chi connectivity index (χ0v) is 13.0. The maximum atomic E-state index is 12.8. The van der Waals surface area contributed by atoms with Crippen molar-refractivity contribution in [3.05, 3.63) is 92.6 Å². The summed E-state index contributed by atoms with van der Waals surface area (Å²) in [5, 5.41) is 3.30. The number of para-hydroxylation sites is 1. The summed E-state index contributed by atoms with van der Waals surface area (Å²) >= 11 is 0. The van der Waals surface area contributed by atoms with Gasteiger partial charge in [0.2, 0.25) is 0 Å². The van der Waals surface area contributed by atoms with Gasteiger partial charge in [-0.2, -0.15) is 0 Å². The number of hydrogen-bond donors (Lipinski definition) is 2. The fraction of sp³-hybridized carbons (Fsp3) is 0.158. The number of nitrogens with one attached hydrogen (secondary N) is 2. The monoisotopic (exact) mass is 319 g/mol. The standard InChI is InChI=1S/C19H17N3O2/c23-18-15-11-12-16(13-7-3-1-4-8-13)20-17(15)21-19(24)22(18)14-9-5-2-6-10-14/h1-10,16,20H,11-12H2,(H,21,24)/t16-/m1/s1. The number of nitrogens with zero attached hydrogens (tertiary/aromatic N) is 1. The van der Waals surface area contributed by atoms with Gasteiger partial charge in [0.25, 0.3) is 5.56 Å². The molecule has 2 heterocycles. The van der Waals surface area contributed by atoms with Crippen molar-refractivity contribution in [2.45, 2.75) is 18.9 Å². The molecule has 0 spiro atoms. The topological polar surface area (TPSA) is 66.9 Å². The van der Waals surface area contributed by atoms with Crippen molar-refractivity contribution in [1.82, 2.24) is 9.55 Å². The zero-order chi connectivity index (χ0) is 16.5. The summed E-state index contributed by atoms with van der Waals surface area (Å²) in [6.07, 6.45) is 1.44. The summed E-state index contributed by atoms with van der Waals surface area (Å²) in [6, 6.07) is 19.1. The van der Waals surface area contributed by atoms with Gasteiger partial charge in [-0.1, -0.05) is 48.5 Å². The van der Waals surface area contributed by atoms with Gasteiger partial charge in [-0.05, 0) is 30.5 Å². The average Bonchev–Trinajstić information content (AvgIpc) is 2.63. The highest BCUT2D eigenvalue weighted by Crippen LogP contribution is 2.28. The lowest BCUT2D eigenvalue weighted by atomic mass is 9.96. The summed E-state index contributed by atoms with van der Waals surface area (Å²) in [5.41, 5.74) is 1.68. The van der Waals surface area contributed by atoms with E-state index in [-0.39, 0.29) is 11.6 Å². The van der Waals surface area contributed by atoms with Crippen molar-refractivity contribution < 1.29 is 0 Å². The second kappa shape index (κ2) is 5.85. The zero-order valence-electron chi connectivity index (χ0n) is 13.0. The fourth-order valence-electron chi connectivity index (χ4n) is 3.21. The first-order chi connectivity index (χ1) is 11.7. The molecule has 0 unspecified atom stereocenters. The summed E-state index contributed by atoms with van der Waals surface area (Å²) in [7, 11) is 0. The van der Waals surface area contributed by atoms with Gasteiger partial charge in [0.1, 0.15) is 5.82 Å². The van der Waals surface area contributed by atoms with Crippen molar-refractivity contribution in [3.63, 3.8) is 0 Å². The minimum absolute atomic E-state index is 0.0984.